The van der Waals surface area contributed by atoms with Crippen molar-refractivity contribution in [3.8, 4) is 0 Å². The number of hydrogen-bond acceptors (Lipinski definition) is 2. The van der Waals surface area contributed by atoms with Gasteiger partial charge >= 0.3 is 47.4 Å². The lowest BCUT2D eigenvalue weighted by Crippen LogP contribution is -2.74. The SMILES string of the molecule is Cc1cc(C(F)(F)C(F)(F)C(F)(F)C(F)(F)C(F)(F)C(F)(F)C(F)(F)C(F)(F)c2cc(C)c(N)c(C3CC3)c2)cc(C2CC2)c1N. The van der Waals surface area contributed by atoms with Crippen molar-refractivity contribution in [3.05, 3.63) is 57.6 Å². The molecule has 0 aliphatic heterocycles. The molecule has 2 aromatic carbocycles. The zero-order valence-electron chi connectivity index (χ0n) is 23.5. The summed E-state index contributed by atoms with van der Waals surface area (Å²) in [6.45, 7) is 1.83. The first kappa shape index (κ1) is 35.8. The molecule has 0 heterocycles. The molecule has 2 saturated carbocycles. The van der Waals surface area contributed by atoms with E-state index in [2.05, 4.69) is 0 Å². The number of nitrogens with two attached hydrogens (primary N) is 2. The summed E-state index contributed by atoms with van der Waals surface area (Å²) >= 11 is 0. The lowest BCUT2D eigenvalue weighted by atomic mass is 9.84. The van der Waals surface area contributed by atoms with Crippen LogP contribution in [0, 0.1) is 13.8 Å². The smallest absolute Gasteiger partial charge is 0.385 e. The molecule has 46 heavy (non-hydrogen) atoms. The zero-order valence-corrected chi connectivity index (χ0v) is 23.5. The van der Waals surface area contributed by atoms with E-state index in [9.17, 15) is 70.2 Å². The third kappa shape index (κ3) is 4.69. The molecule has 4 N–H and O–H groups in total. The summed E-state index contributed by atoms with van der Waals surface area (Å²) in [7, 11) is 0. The predicted octanol–water partition coefficient (Wildman–Crippen LogP) is 9.92. The largest absolute Gasteiger partial charge is 0.398 e. The molecule has 2 nitrogen and oxygen atoms in total. The van der Waals surface area contributed by atoms with E-state index in [0.29, 0.717) is 0 Å². The van der Waals surface area contributed by atoms with E-state index in [-0.39, 0.29) is 72.5 Å². The van der Waals surface area contributed by atoms with Crippen molar-refractivity contribution in [2.45, 2.75) is 98.7 Å². The second-order valence-electron chi connectivity index (χ2n) is 11.7. The Kier molecular flexibility index (Phi) is 7.94. The van der Waals surface area contributed by atoms with Gasteiger partial charge in [0.15, 0.2) is 0 Å². The first-order valence-corrected chi connectivity index (χ1v) is 13.4. The molecule has 0 bridgehead atoms. The standard InChI is InChI=1S/C28H24F16N2/c1-11-7-15(9-17(19(11)45)13-3-4-13)21(29,30)23(33,34)25(37,38)27(41,42)28(43,44)26(39,40)24(35,36)22(31,32)16-8-12(2)20(46)18(10-16)14-5-6-14/h7-10,13-14H,3-6,45-46H2,1-2H3. The van der Waals surface area contributed by atoms with Gasteiger partial charge in [-0.05, 0) is 97.9 Å². The van der Waals surface area contributed by atoms with Gasteiger partial charge in [0.1, 0.15) is 0 Å². The van der Waals surface area contributed by atoms with Gasteiger partial charge < -0.3 is 11.5 Å². The van der Waals surface area contributed by atoms with Crippen LogP contribution in [-0.4, -0.2) is 35.5 Å². The molecule has 18 heteroatoms. The van der Waals surface area contributed by atoms with E-state index in [1.54, 1.807) is 0 Å². The van der Waals surface area contributed by atoms with Crippen LogP contribution in [0.1, 0.15) is 70.9 Å². The van der Waals surface area contributed by atoms with Crippen LogP contribution in [-0.2, 0) is 11.8 Å². The molecule has 0 aromatic heterocycles. The Morgan fingerprint density at radius 3 is 0.913 bits per heavy atom. The van der Waals surface area contributed by atoms with Gasteiger partial charge in [0.2, 0.25) is 0 Å². The van der Waals surface area contributed by atoms with Gasteiger partial charge in [0, 0.05) is 22.5 Å². The van der Waals surface area contributed by atoms with Gasteiger partial charge in [-0.1, -0.05) is 0 Å². The lowest BCUT2D eigenvalue weighted by molar-refractivity contribution is -0.456. The van der Waals surface area contributed by atoms with Gasteiger partial charge in [-0.2, -0.15) is 70.2 Å². The fraction of sp³-hybridized carbons (Fsp3) is 0.571. The zero-order chi connectivity index (χ0) is 35.4. The van der Waals surface area contributed by atoms with E-state index in [4.69, 9.17) is 11.5 Å². The number of halogens is 16. The maximum atomic E-state index is 14.9. The highest BCUT2D eigenvalue weighted by Gasteiger charge is 2.95. The van der Waals surface area contributed by atoms with Crippen molar-refractivity contribution >= 4 is 11.4 Å². The molecular weight excluding hydrogens is 668 g/mol. The van der Waals surface area contributed by atoms with Crippen LogP contribution in [0.5, 0.6) is 0 Å². The van der Waals surface area contributed by atoms with Gasteiger partial charge in [-0.25, -0.2) is 0 Å². The van der Waals surface area contributed by atoms with Crippen molar-refractivity contribution < 1.29 is 70.2 Å². The summed E-state index contributed by atoms with van der Waals surface area (Å²) in [6, 6.07) is 0.257. The van der Waals surface area contributed by atoms with Gasteiger partial charge in [0.25, 0.3) is 0 Å². The maximum Gasteiger partial charge on any atom is 0.385 e. The summed E-state index contributed by atoms with van der Waals surface area (Å²) in [5.41, 5.74) is 4.82. The van der Waals surface area contributed by atoms with Crippen molar-refractivity contribution in [2.24, 2.45) is 0 Å². The quantitative estimate of drug-likeness (QED) is 0.182. The Bertz CT molecular complexity index is 1410. The van der Waals surface area contributed by atoms with Crippen LogP contribution in [0.4, 0.5) is 81.6 Å². The van der Waals surface area contributed by atoms with E-state index in [0.717, 1.165) is 13.8 Å². The topological polar surface area (TPSA) is 52.0 Å². The molecule has 258 valence electrons. The lowest BCUT2D eigenvalue weighted by Gasteiger charge is -2.44. The second kappa shape index (κ2) is 10.2. The molecule has 0 spiro atoms. The number of aryl methyl sites for hydroxylation is 2. The second-order valence-corrected chi connectivity index (χ2v) is 11.7. The highest BCUT2D eigenvalue weighted by molar-refractivity contribution is 5.59. The number of alkyl halides is 16. The Hall–Kier alpha value is -3.08. The minimum Gasteiger partial charge on any atom is -0.398 e. The molecule has 0 radical (unpaired) electrons. The van der Waals surface area contributed by atoms with E-state index < -0.39 is 81.5 Å². The van der Waals surface area contributed by atoms with Gasteiger partial charge in [0.05, 0.1) is 0 Å². The monoisotopic (exact) mass is 692 g/mol. The molecule has 2 aliphatic rings. The Morgan fingerprint density at radius 1 is 0.435 bits per heavy atom. The number of hydrogen-bond donors (Lipinski definition) is 2. The Balaban J connectivity index is 1.79. The summed E-state index contributed by atoms with van der Waals surface area (Å²) in [5, 5.41) is 0. The fourth-order valence-corrected chi connectivity index (χ4v) is 5.02. The van der Waals surface area contributed by atoms with Crippen LogP contribution in [0.25, 0.3) is 0 Å². The van der Waals surface area contributed by atoms with E-state index in [1.165, 1.54) is 0 Å². The predicted molar refractivity (Wildman–Crippen MR) is 133 cm³/mol. The van der Waals surface area contributed by atoms with Crippen molar-refractivity contribution in [2.75, 3.05) is 11.5 Å². The molecule has 2 fully saturated rings. The fourth-order valence-electron chi connectivity index (χ4n) is 5.02. The van der Waals surface area contributed by atoms with E-state index in [1.807, 2.05) is 0 Å². The first-order chi connectivity index (χ1) is 20.5. The highest BCUT2D eigenvalue weighted by Crippen LogP contribution is 2.66. The van der Waals surface area contributed by atoms with Crippen molar-refractivity contribution in [1.82, 2.24) is 0 Å². The number of benzene rings is 2. The molecule has 2 aliphatic carbocycles. The Labute approximate surface area is 250 Å². The molecular formula is C28H24F16N2. The third-order valence-corrected chi connectivity index (χ3v) is 8.36. The average Bonchev–Trinajstić information content (AvgIpc) is 3.84. The highest BCUT2D eigenvalue weighted by atomic mass is 19.4. The van der Waals surface area contributed by atoms with Crippen molar-refractivity contribution in [1.29, 1.82) is 0 Å². The average molecular weight is 692 g/mol. The molecule has 2 aromatic rings. The minimum absolute atomic E-state index is 0.0231. The summed E-state index contributed by atoms with van der Waals surface area (Å²) < 4.78 is 235. The normalized spacial score (nSPS) is 17.9. The van der Waals surface area contributed by atoms with Gasteiger partial charge in [-0.3, -0.25) is 0 Å². The molecule has 0 atom stereocenters. The van der Waals surface area contributed by atoms with Crippen molar-refractivity contribution in [3.63, 3.8) is 0 Å². The van der Waals surface area contributed by atoms with Crippen LogP contribution in [0.3, 0.4) is 0 Å². The minimum atomic E-state index is -8.51. The van der Waals surface area contributed by atoms with Crippen LogP contribution in [0.15, 0.2) is 24.3 Å². The van der Waals surface area contributed by atoms with Crippen LogP contribution < -0.4 is 11.5 Å². The summed E-state index contributed by atoms with van der Waals surface area (Å²) in [4.78, 5) is 0. The summed E-state index contributed by atoms with van der Waals surface area (Å²) in [5.74, 6) is -63.4. The molecule has 0 amide bonds. The molecule has 0 saturated heterocycles. The first-order valence-electron chi connectivity index (χ1n) is 13.4. The molecule has 4 rings (SSSR count). The molecule has 0 unspecified atom stereocenters. The maximum absolute atomic E-state index is 14.9. The Morgan fingerprint density at radius 2 is 0.674 bits per heavy atom. The number of rotatable bonds is 11. The summed E-state index contributed by atoms with van der Waals surface area (Å²) in [6.07, 6.45) is 1.01. The van der Waals surface area contributed by atoms with E-state index >= 15 is 0 Å². The third-order valence-electron chi connectivity index (χ3n) is 8.36. The van der Waals surface area contributed by atoms with Crippen LogP contribution in [0.2, 0.25) is 0 Å². The van der Waals surface area contributed by atoms with Gasteiger partial charge in [-0.15, -0.1) is 0 Å². The number of anilines is 2. The number of nitrogen functional groups attached to an aromatic ring is 2. The van der Waals surface area contributed by atoms with Crippen LogP contribution >= 0.6 is 0 Å².